The van der Waals surface area contributed by atoms with Crippen molar-refractivity contribution in [2.45, 2.75) is 51.2 Å². The van der Waals surface area contributed by atoms with Gasteiger partial charge in [0.15, 0.2) is 5.13 Å². The lowest BCUT2D eigenvalue weighted by molar-refractivity contribution is 0.0271. The van der Waals surface area contributed by atoms with E-state index in [-0.39, 0.29) is 17.8 Å². The molecule has 0 bridgehead atoms. The van der Waals surface area contributed by atoms with E-state index in [2.05, 4.69) is 17.2 Å². The molecule has 0 radical (unpaired) electrons. The van der Waals surface area contributed by atoms with Crippen LogP contribution in [0.25, 0.3) is 0 Å². The molecule has 6 nitrogen and oxygen atoms in total. The Morgan fingerprint density at radius 3 is 2.90 bits per heavy atom. The zero-order valence-electron chi connectivity index (χ0n) is 12.6. The highest BCUT2D eigenvalue weighted by Gasteiger charge is 2.31. The van der Waals surface area contributed by atoms with Crippen LogP contribution < -0.4 is 11.1 Å². The number of thiazole rings is 1. The summed E-state index contributed by atoms with van der Waals surface area (Å²) in [5.41, 5.74) is 5.87. The Kier molecular flexibility index (Phi) is 5.41. The minimum atomic E-state index is -0.445. The largest absolute Gasteiger partial charge is 0.391 e. The summed E-state index contributed by atoms with van der Waals surface area (Å²) in [6.45, 7) is 2.87. The molecule has 1 aromatic rings. The number of nitrogens with one attached hydrogen (secondary N) is 1. The third kappa shape index (κ3) is 3.65. The molecule has 1 heterocycles. The second kappa shape index (κ2) is 7.09. The maximum Gasteiger partial charge on any atom is 0.267 e. The van der Waals surface area contributed by atoms with Crippen molar-refractivity contribution in [1.29, 1.82) is 0 Å². The number of nitrogens with zero attached hydrogens (tertiary/aromatic N) is 2. The number of nitrogen functional groups attached to an aromatic ring is 1. The van der Waals surface area contributed by atoms with Gasteiger partial charge in [0.25, 0.3) is 5.91 Å². The van der Waals surface area contributed by atoms with E-state index in [1.54, 1.807) is 11.9 Å². The zero-order valence-corrected chi connectivity index (χ0v) is 13.4. The van der Waals surface area contributed by atoms with Gasteiger partial charge in [0.1, 0.15) is 10.7 Å². The minimum Gasteiger partial charge on any atom is -0.391 e. The van der Waals surface area contributed by atoms with Crippen LogP contribution in [-0.2, 0) is 0 Å². The van der Waals surface area contributed by atoms with Gasteiger partial charge in [-0.15, -0.1) is 0 Å². The number of aliphatic hydroxyl groups excluding tert-OH is 1. The molecule has 21 heavy (non-hydrogen) atoms. The molecule has 1 aliphatic rings. The monoisotopic (exact) mass is 312 g/mol. The van der Waals surface area contributed by atoms with Crippen LogP contribution in [0, 0.1) is 0 Å². The number of aromatic nitrogens is 1. The van der Waals surface area contributed by atoms with Gasteiger partial charge >= 0.3 is 0 Å². The molecule has 0 aromatic carbocycles. The fourth-order valence-corrected chi connectivity index (χ4v) is 3.54. The number of carbonyl (C=O) groups is 1. The van der Waals surface area contributed by atoms with Crippen molar-refractivity contribution in [2.24, 2.45) is 0 Å². The first-order chi connectivity index (χ1) is 10.0. The summed E-state index contributed by atoms with van der Waals surface area (Å²) in [4.78, 5) is 18.8. The predicted octanol–water partition coefficient (Wildman–Crippen LogP) is 1.92. The van der Waals surface area contributed by atoms with Crippen molar-refractivity contribution in [3.63, 3.8) is 0 Å². The van der Waals surface area contributed by atoms with Crippen LogP contribution in [0.5, 0.6) is 0 Å². The molecular formula is C14H24N4O2S. The third-order valence-electron chi connectivity index (χ3n) is 3.89. The summed E-state index contributed by atoms with van der Waals surface area (Å²) in [5.74, 6) is 0.112. The van der Waals surface area contributed by atoms with Crippen molar-refractivity contribution < 1.29 is 9.90 Å². The molecular weight excluding hydrogens is 288 g/mol. The van der Waals surface area contributed by atoms with E-state index in [0.29, 0.717) is 10.0 Å². The van der Waals surface area contributed by atoms with Crippen LogP contribution in [-0.4, -0.2) is 46.6 Å². The molecule has 118 valence electrons. The molecule has 1 aromatic heterocycles. The second-order valence-electron chi connectivity index (χ2n) is 5.50. The quantitative estimate of drug-likeness (QED) is 0.772. The van der Waals surface area contributed by atoms with Crippen LogP contribution in [0.4, 0.5) is 10.9 Å². The Hall–Kier alpha value is -1.34. The molecule has 2 unspecified atom stereocenters. The Balaban J connectivity index is 2.09. The van der Waals surface area contributed by atoms with Gasteiger partial charge in [-0.1, -0.05) is 31.1 Å². The van der Waals surface area contributed by atoms with Gasteiger partial charge in [-0.3, -0.25) is 4.79 Å². The summed E-state index contributed by atoms with van der Waals surface area (Å²) >= 11 is 1.28. The first-order valence-electron chi connectivity index (χ1n) is 7.50. The van der Waals surface area contributed by atoms with Crippen molar-refractivity contribution in [1.82, 2.24) is 9.88 Å². The molecule has 1 saturated carbocycles. The Morgan fingerprint density at radius 1 is 1.52 bits per heavy atom. The first kappa shape index (κ1) is 16.0. The number of aliphatic hydroxyl groups is 1. The van der Waals surface area contributed by atoms with Crippen LogP contribution in [0.3, 0.4) is 0 Å². The maximum absolute atomic E-state index is 12.6. The fourth-order valence-electron chi connectivity index (χ4n) is 2.65. The maximum atomic E-state index is 12.6. The average molecular weight is 312 g/mol. The number of rotatable bonds is 5. The number of hydrogen-bond acceptors (Lipinski definition) is 6. The molecule has 0 saturated heterocycles. The van der Waals surface area contributed by atoms with Crippen LogP contribution in [0.15, 0.2) is 0 Å². The minimum absolute atomic E-state index is 0.125. The number of hydrogen-bond donors (Lipinski definition) is 3. The molecule has 0 spiro atoms. The SMILES string of the molecule is CCCNc1nc(N)c(C(=O)N(C)C2CCCCC2O)s1. The van der Waals surface area contributed by atoms with E-state index in [9.17, 15) is 9.90 Å². The smallest absolute Gasteiger partial charge is 0.267 e. The van der Waals surface area contributed by atoms with Gasteiger partial charge in [0, 0.05) is 13.6 Å². The van der Waals surface area contributed by atoms with Crippen LogP contribution >= 0.6 is 11.3 Å². The van der Waals surface area contributed by atoms with Crippen molar-refractivity contribution >= 4 is 28.2 Å². The van der Waals surface area contributed by atoms with Crippen molar-refractivity contribution in [3.8, 4) is 0 Å². The molecule has 2 rings (SSSR count). The number of nitrogens with two attached hydrogens (primary N) is 1. The average Bonchev–Trinajstić information content (AvgIpc) is 2.85. The van der Waals surface area contributed by atoms with E-state index >= 15 is 0 Å². The summed E-state index contributed by atoms with van der Waals surface area (Å²) in [7, 11) is 1.74. The fraction of sp³-hybridized carbons (Fsp3) is 0.714. The van der Waals surface area contributed by atoms with Gasteiger partial charge in [0.05, 0.1) is 12.1 Å². The molecule has 1 amide bonds. The van der Waals surface area contributed by atoms with E-state index in [1.807, 2.05) is 0 Å². The van der Waals surface area contributed by atoms with Crippen LogP contribution in [0.1, 0.15) is 48.7 Å². The highest BCUT2D eigenvalue weighted by Crippen LogP contribution is 2.29. The van der Waals surface area contributed by atoms with E-state index in [0.717, 1.165) is 38.6 Å². The lowest BCUT2D eigenvalue weighted by Gasteiger charge is -2.34. The van der Waals surface area contributed by atoms with Crippen molar-refractivity contribution in [3.05, 3.63) is 4.88 Å². The van der Waals surface area contributed by atoms with Gasteiger partial charge in [-0.25, -0.2) is 4.98 Å². The molecule has 4 N–H and O–H groups in total. The van der Waals surface area contributed by atoms with Gasteiger partial charge in [-0.2, -0.15) is 0 Å². The lowest BCUT2D eigenvalue weighted by Crippen LogP contribution is -2.46. The standard InChI is InChI=1S/C14H24N4O2S/c1-3-8-16-14-17-12(15)11(21-14)13(20)18(2)9-6-4-5-7-10(9)19/h9-10,19H,3-8,15H2,1-2H3,(H,16,17). The van der Waals surface area contributed by atoms with Gasteiger partial charge in [-0.05, 0) is 19.3 Å². The zero-order chi connectivity index (χ0) is 15.4. The highest BCUT2D eigenvalue weighted by molar-refractivity contribution is 7.18. The number of likely N-dealkylation sites (N-methyl/N-ethyl adjacent to an activating group) is 1. The molecule has 2 atom stereocenters. The molecule has 0 aliphatic heterocycles. The molecule has 1 fully saturated rings. The lowest BCUT2D eigenvalue weighted by atomic mass is 9.91. The second-order valence-corrected chi connectivity index (χ2v) is 6.49. The van der Waals surface area contributed by atoms with Crippen LogP contribution in [0.2, 0.25) is 0 Å². The van der Waals surface area contributed by atoms with Crippen molar-refractivity contribution in [2.75, 3.05) is 24.6 Å². The number of carbonyl (C=O) groups excluding carboxylic acids is 1. The summed E-state index contributed by atoms with van der Waals surface area (Å²) in [5, 5.41) is 13.9. The predicted molar refractivity (Wildman–Crippen MR) is 85.7 cm³/mol. The van der Waals surface area contributed by atoms with Gasteiger partial charge < -0.3 is 21.1 Å². The van der Waals surface area contributed by atoms with E-state index in [1.165, 1.54) is 11.3 Å². The summed E-state index contributed by atoms with van der Waals surface area (Å²) in [6.07, 6.45) is 4.19. The Bertz CT molecular complexity index is 491. The van der Waals surface area contributed by atoms with Gasteiger partial charge in [0.2, 0.25) is 0 Å². The van der Waals surface area contributed by atoms with E-state index < -0.39 is 6.10 Å². The first-order valence-corrected chi connectivity index (χ1v) is 8.31. The number of amides is 1. The summed E-state index contributed by atoms with van der Waals surface area (Å²) < 4.78 is 0. The highest BCUT2D eigenvalue weighted by atomic mass is 32.1. The normalized spacial score (nSPS) is 22.0. The molecule has 7 heteroatoms. The Morgan fingerprint density at radius 2 is 2.24 bits per heavy atom. The topological polar surface area (TPSA) is 91.5 Å². The summed E-state index contributed by atoms with van der Waals surface area (Å²) in [6, 6.07) is -0.125. The number of anilines is 2. The van der Waals surface area contributed by atoms with E-state index in [4.69, 9.17) is 5.73 Å². The molecule has 1 aliphatic carbocycles. The Labute approximate surface area is 129 Å². The third-order valence-corrected chi connectivity index (χ3v) is 4.90.